The molecule has 0 aliphatic rings. The molecule has 0 rings (SSSR count). The van der Waals surface area contributed by atoms with Crippen molar-refractivity contribution in [2.24, 2.45) is 11.8 Å². The standard InChI is InChI=1S/C9H18O2/c1-5-8(10)7(4)9(11)6(2)3/h6-8,10H,5H2,1-4H3/t7-,8-/m0/s1. The molecule has 0 spiro atoms. The highest BCUT2D eigenvalue weighted by atomic mass is 16.3. The molecule has 2 nitrogen and oxygen atoms in total. The SMILES string of the molecule is CC[C@H](O)[C@H](C)C(=O)C(C)C. The highest BCUT2D eigenvalue weighted by Gasteiger charge is 2.22. The van der Waals surface area contributed by atoms with E-state index in [0.717, 1.165) is 0 Å². The van der Waals surface area contributed by atoms with Gasteiger partial charge in [-0.1, -0.05) is 27.7 Å². The van der Waals surface area contributed by atoms with E-state index in [0.29, 0.717) is 6.42 Å². The molecule has 2 heteroatoms. The molecule has 0 aromatic heterocycles. The zero-order valence-corrected chi connectivity index (χ0v) is 7.79. The van der Waals surface area contributed by atoms with Crippen molar-refractivity contribution < 1.29 is 9.90 Å². The minimum absolute atomic E-state index is 0.0335. The van der Waals surface area contributed by atoms with Crippen molar-refractivity contribution in [1.82, 2.24) is 0 Å². The summed E-state index contributed by atoms with van der Waals surface area (Å²) in [4.78, 5) is 11.3. The number of hydrogen-bond acceptors (Lipinski definition) is 2. The monoisotopic (exact) mass is 158 g/mol. The Morgan fingerprint density at radius 1 is 1.36 bits per heavy atom. The van der Waals surface area contributed by atoms with Crippen LogP contribution in [-0.4, -0.2) is 17.0 Å². The first-order valence-corrected chi connectivity index (χ1v) is 4.22. The number of hydrogen-bond donors (Lipinski definition) is 1. The topological polar surface area (TPSA) is 37.3 Å². The molecule has 1 N–H and O–H groups in total. The molecule has 0 aliphatic heterocycles. The van der Waals surface area contributed by atoms with Crippen LogP contribution in [0.3, 0.4) is 0 Å². The third-order valence-electron chi connectivity index (χ3n) is 2.01. The first-order chi connectivity index (χ1) is 5.00. The summed E-state index contributed by atoms with van der Waals surface area (Å²) in [6.07, 6.45) is 0.185. The number of rotatable bonds is 4. The second kappa shape index (κ2) is 4.50. The maximum absolute atomic E-state index is 11.3. The summed E-state index contributed by atoms with van der Waals surface area (Å²) in [5.41, 5.74) is 0. The molecule has 0 aliphatic carbocycles. The van der Waals surface area contributed by atoms with Crippen LogP contribution in [0.1, 0.15) is 34.1 Å². The van der Waals surface area contributed by atoms with Gasteiger partial charge in [0.05, 0.1) is 6.10 Å². The second-order valence-corrected chi connectivity index (χ2v) is 3.32. The van der Waals surface area contributed by atoms with Gasteiger partial charge in [-0.15, -0.1) is 0 Å². The number of aliphatic hydroxyl groups is 1. The van der Waals surface area contributed by atoms with Gasteiger partial charge in [-0.05, 0) is 6.42 Å². The lowest BCUT2D eigenvalue weighted by atomic mass is 9.91. The van der Waals surface area contributed by atoms with Crippen molar-refractivity contribution in [1.29, 1.82) is 0 Å². The number of Topliss-reactive ketones (excluding diaryl/α,β-unsaturated/α-hetero) is 1. The van der Waals surface area contributed by atoms with Gasteiger partial charge < -0.3 is 5.11 Å². The Bertz CT molecular complexity index is 130. The number of carbonyl (C=O) groups excluding carboxylic acids is 1. The lowest BCUT2D eigenvalue weighted by Crippen LogP contribution is -2.28. The zero-order valence-electron chi connectivity index (χ0n) is 7.79. The highest BCUT2D eigenvalue weighted by molar-refractivity contribution is 5.82. The number of carbonyl (C=O) groups is 1. The summed E-state index contributed by atoms with van der Waals surface area (Å²) in [5, 5.41) is 9.32. The van der Waals surface area contributed by atoms with E-state index in [2.05, 4.69) is 0 Å². The van der Waals surface area contributed by atoms with Gasteiger partial charge in [-0.25, -0.2) is 0 Å². The maximum atomic E-state index is 11.3. The van der Waals surface area contributed by atoms with Crippen molar-refractivity contribution in [2.45, 2.75) is 40.2 Å². The molecule has 0 heterocycles. The molecule has 66 valence electrons. The van der Waals surface area contributed by atoms with Crippen molar-refractivity contribution >= 4 is 5.78 Å². The third-order valence-corrected chi connectivity index (χ3v) is 2.01. The lowest BCUT2D eigenvalue weighted by Gasteiger charge is -2.17. The molecular weight excluding hydrogens is 140 g/mol. The van der Waals surface area contributed by atoms with Gasteiger partial charge in [-0.2, -0.15) is 0 Å². The number of aliphatic hydroxyl groups excluding tert-OH is 1. The van der Waals surface area contributed by atoms with Gasteiger partial charge >= 0.3 is 0 Å². The quantitative estimate of drug-likeness (QED) is 0.675. The molecule has 0 amide bonds. The van der Waals surface area contributed by atoms with E-state index in [-0.39, 0.29) is 17.6 Å². The Hall–Kier alpha value is -0.370. The van der Waals surface area contributed by atoms with Crippen LogP contribution in [-0.2, 0) is 4.79 Å². The summed E-state index contributed by atoms with van der Waals surface area (Å²) >= 11 is 0. The Kier molecular flexibility index (Phi) is 4.34. The van der Waals surface area contributed by atoms with Crippen LogP contribution in [0.15, 0.2) is 0 Å². The van der Waals surface area contributed by atoms with E-state index in [1.165, 1.54) is 0 Å². The van der Waals surface area contributed by atoms with Crippen LogP contribution in [0.5, 0.6) is 0 Å². The Morgan fingerprint density at radius 2 is 1.82 bits per heavy atom. The fourth-order valence-corrected chi connectivity index (χ4v) is 1.07. The van der Waals surface area contributed by atoms with Crippen LogP contribution >= 0.6 is 0 Å². The normalized spacial score (nSPS) is 16.5. The summed E-state index contributed by atoms with van der Waals surface area (Å²) in [6.45, 7) is 7.40. The molecule has 0 saturated heterocycles. The summed E-state index contributed by atoms with van der Waals surface area (Å²) < 4.78 is 0. The molecule has 2 atom stereocenters. The van der Waals surface area contributed by atoms with E-state index < -0.39 is 6.10 Å². The third kappa shape index (κ3) is 3.02. The first-order valence-electron chi connectivity index (χ1n) is 4.22. The van der Waals surface area contributed by atoms with Crippen LogP contribution in [0, 0.1) is 11.8 Å². The molecule has 11 heavy (non-hydrogen) atoms. The minimum Gasteiger partial charge on any atom is -0.392 e. The van der Waals surface area contributed by atoms with Gasteiger partial charge in [-0.3, -0.25) is 4.79 Å². The van der Waals surface area contributed by atoms with Crippen molar-refractivity contribution in [3.8, 4) is 0 Å². The van der Waals surface area contributed by atoms with Gasteiger partial charge in [0.2, 0.25) is 0 Å². The smallest absolute Gasteiger partial charge is 0.140 e. The molecular formula is C9H18O2. The van der Waals surface area contributed by atoms with Crippen LogP contribution in [0.2, 0.25) is 0 Å². The fourth-order valence-electron chi connectivity index (χ4n) is 1.07. The molecule has 0 aromatic carbocycles. The Balaban J connectivity index is 4.02. The van der Waals surface area contributed by atoms with E-state index in [1.54, 1.807) is 6.92 Å². The van der Waals surface area contributed by atoms with Crippen LogP contribution in [0.25, 0.3) is 0 Å². The largest absolute Gasteiger partial charge is 0.392 e. The van der Waals surface area contributed by atoms with Crippen molar-refractivity contribution in [3.63, 3.8) is 0 Å². The van der Waals surface area contributed by atoms with Crippen LogP contribution in [0.4, 0.5) is 0 Å². The van der Waals surface area contributed by atoms with Crippen molar-refractivity contribution in [3.05, 3.63) is 0 Å². The van der Waals surface area contributed by atoms with E-state index >= 15 is 0 Å². The minimum atomic E-state index is -0.468. The average Bonchev–Trinajstić information content (AvgIpc) is 2.00. The number of ketones is 1. The van der Waals surface area contributed by atoms with E-state index in [4.69, 9.17) is 0 Å². The maximum Gasteiger partial charge on any atom is 0.140 e. The fraction of sp³-hybridized carbons (Fsp3) is 0.889. The predicted molar refractivity (Wildman–Crippen MR) is 45.3 cm³/mol. The van der Waals surface area contributed by atoms with Gasteiger partial charge in [0.1, 0.15) is 5.78 Å². The lowest BCUT2D eigenvalue weighted by molar-refractivity contribution is -0.128. The predicted octanol–water partition coefficient (Wildman–Crippen LogP) is 1.62. The molecule has 0 saturated carbocycles. The van der Waals surface area contributed by atoms with E-state index in [9.17, 15) is 9.90 Å². The Labute approximate surface area is 68.6 Å². The average molecular weight is 158 g/mol. The van der Waals surface area contributed by atoms with Gasteiger partial charge in [0.25, 0.3) is 0 Å². The van der Waals surface area contributed by atoms with Gasteiger partial charge in [0, 0.05) is 11.8 Å². The molecule has 0 aromatic rings. The van der Waals surface area contributed by atoms with E-state index in [1.807, 2.05) is 20.8 Å². The van der Waals surface area contributed by atoms with Gasteiger partial charge in [0.15, 0.2) is 0 Å². The molecule has 0 bridgehead atoms. The molecule has 0 unspecified atom stereocenters. The summed E-state index contributed by atoms with van der Waals surface area (Å²) in [6, 6.07) is 0. The summed E-state index contributed by atoms with van der Waals surface area (Å²) in [5.74, 6) is -0.0226. The molecule has 0 fully saturated rings. The second-order valence-electron chi connectivity index (χ2n) is 3.32. The zero-order chi connectivity index (χ0) is 9.02. The molecule has 0 radical (unpaired) electrons. The Morgan fingerprint density at radius 3 is 2.09 bits per heavy atom. The highest BCUT2D eigenvalue weighted by Crippen LogP contribution is 2.12. The summed E-state index contributed by atoms with van der Waals surface area (Å²) in [7, 11) is 0. The van der Waals surface area contributed by atoms with Crippen LogP contribution < -0.4 is 0 Å². The first kappa shape index (κ1) is 10.6. The van der Waals surface area contributed by atoms with Crippen molar-refractivity contribution in [2.75, 3.05) is 0 Å².